The normalized spacial score (nSPS) is 18.8. The molecule has 0 spiro atoms. The van der Waals surface area contributed by atoms with E-state index in [1.165, 1.54) is 82.6 Å². The molecular formula is C36H52N2O2. The SMILES string of the molecule is CCCCCCCCCc1ccc(-c2ccc(OC(=O)[C@H]3CC[C@@](C#N)(CCCCCCCC)CC3)cc2)nc1. The standard InChI is InChI=1S/C36H52N2O2/c1-3-5-7-9-11-12-14-16-30-17-22-34(38-28-30)31-18-20-33(21-19-31)40-35(39)32-23-26-36(29-37,27-24-32)25-15-13-10-8-6-4-2/h17-22,28,32H,3-16,23-27H2,1-2H3/t32-,36-. The summed E-state index contributed by atoms with van der Waals surface area (Å²) >= 11 is 0. The molecule has 1 aliphatic carbocycles. The van der Waals surface area contributed by atoms with Gasteiger partial charge in [0.2, 0.25) is 0 Å². The van der Waals surface area contributed by atoms with Crippen LogP contribution in [0.5, 0.6) is 5.75 Å². The zero-order chi connectivity index (χ0) is 28.5. The predicted molar refractivity (Wildman–Crippen MR) is 165 cm³/mol. The summed E-state index contributed by atoms with van der Waals surface area (Å²) in [6.45, 7) is 4.49. The second-order valence-corrected chi connectivity index (χ2v) is 12.1. The molecule has 0 radical (unpaired) electrons. The van der Waals surface area contributed by atoms with Crippen LogP contribution in [0.25, 0.3) is 11.3 Å². The number of ether oxygens (including phenoxy) is 1. The van der Waals surface area contributed by atoms with Crippen molar-refractivity contribution in [2.24, 2.45) is 11.3 Å². The number of carbonyl (C=O) groups excluding carboxylic acids is 1. The van der Waals surface area contributed by atoms with Gasteiger partial charge < -0.3 is 4.74 Å². The van der Waals surface area contributed by atoms with E-state index in [0.717, 1.165) is 56.2 Å². The molecule has 0 atom stereocenters. The highest BCUT2D eigenvalue weighted by Crippen LogP contribution is 2.43. The summed E-state index contributed by atoms with van der Waals surface area (Å²) < 4.78 is 5.75. The van der Waals surface area contributed by atoms with Gasteiger partial charge in [-0.3, -0.25) is 9.78 Å². The summed E-state index contributed by atoms with van der Waals surface area (Å²) in [7, 11) is 0. The summed E-state index contributed by atoms with van der Waals surface area (Å²) in [5.74, 6) is 0.302. The van der Waals surface area contributed by atoms with E-state index >= 15 is 0 Å². The third-order valence-corrected chi connectivity index (χ3v) is 8.78. The van der Waals surface area contributed by atoms with Crippen LogP contribution in [-0.4, -0.2) is 11.0 Å². The number of carbonyl (C=O) groups is 1. The summed E-state index contributed by atoms with van der Waals surface area (Å²) in [5.41, 5.74) is 3.00. The summed E-state index contributed by atoms with van der Waals surface area (Å²) in [4.78, 5) is 17.6. The first-order valence-electron chi connectivity index (χ1n) is 16.3. The highest BCUT2D eigenvalue weighted by atomic mass is 16.5. The number of aromatic nitrogens is 1. The van der Waals surface area contributed by atoms with Crippen molar-refractivity contribution >= 4 is 5.97 Å². The van der Waals surface area contributed by atoms with E-state index < -0.39 is 0 Å². The molecule has 4 heteroatoms. The van der Waals surface area contributed by atoms with Gasteiger partial charge >= 0.3 is 5.97 Å². The molecule has 3 rings (SSSR count). The van der Waals surface area contributed by atoms with Gasteiger partial charge in [-0.15, -0.1) is 0 Å². The molecular weight excluding hydrogens is 492 g/mol. The van der Waals surface area contributed by atoms with Gasteiger partial charge in [-0.1, -0.05) is 97.0 Å². The Morgan fingerprint density at radius 1 is 0.850 bits per heavy atom. The van der Waals surface area contributed by atoms with Crippen LogP contribution < -0.4 is 4.74 Å². The molecule has 1 aromatic heterocycles. The minimum absolute atomic E-state index is 0.115. The number of nitriles is 1. The monoisotopic (exact) mass is 544 g/mol. The van der Waals surface area contributed by atoms with E-state index in [2.05, 4.69) is 37.0 Å². The van der Waals surface area contributed by atoms with E-state index in [-0.39, 0.29) is 17.3 Å². The zero-order valence-corrected chi connectivity index (χ0v) is 25.3. The van der Waals surface area contributed by atoms with Gasteiger partial charge in [0.05, 0.1) is 23.1 Å². The lowest BCUT2D eigenvalue weighted by atomic mass is 9.69. The molecule has 0 aliphatic heterocycles. The molecule has 1 heterocycles. The molecule has 0 N–H and O–H groups in total. The predicted octanol–water partition coefficient (Wildman–Crippen LogP) is 10.4. The first-order valence-corrected chi connectivity index (χ1v) is 16.3. The van der Waals surface area contributed by atoms with Crippen molar-refractivity contribution in [1.29, 1.82) is 5.26 Å². The largest absolute Gasteiger partial charge is 0.426 e. The quantitative estimate of drug-likeness (QED) is 0.106. The van der Waals surface area contributed by atoms with Gasteiger partial charge in [0, 0.05) is 11.8 Å². The summed E-state index contributed by atoms with van der Waals surface area (Å²) in [6, 6.07) is 14.6. The Morgan fingerprint density at radius 3 is 2.02 bits per heavy atom. The van der Waals surface area contributed by atoms with Crippen molar-refractivity contribution < 1.29 is 9.53 Å². The molecule has 0 bridgehead atoms. The molecule has 1 fully saturated rings. The maximum Gasteiger partial charge on any atom is 0.314 e. The lowest BCUT2D eigenvalue weighted by Gasteiger charge is -2.34. The lowest BCUT2D eigenvalue weighted by Crippen LogP contribution is -2.31. The Hall–Kier alpha value is -2.67. The van der Waals surface area contributed by atoms with Crippen molar-refractivity contribution in [3.63, 3.8) is 0 Å². The first kappa shape index (κ1) is 31.9. The topological polar surface area (TPSA) is 63.0 Å². The van der Waals surface area contributed by atoms with Crippen molar-refractivity contribution in [2.45, 2.75) is 136 Å². The van der Waals surface area contributed by atoms with Crippen LogP contribution in [0.15, 0.2) is 42.6 Å². The second kappa shape index (κ2) is 17.9. The van der Waals surface area contributed by atoms with Crippen molar-refractivity contribution in [1.82, 2.24) is 4.98 Å². The summed E-state index contributed by atoms with van der Waals surface area (Å²) in [5, 5.41) is 9.89. The maximum atomic E-state index is 12.9. The Bertz CT molecular complexity index is 1010. The number of pyridine rings is 1. The van der Waals surface area contributed by atoms with Gasteiger partial charge in [0.15, 0.2) is 0 Å². The third-order valence-electron chi connectivity index (χ3n) is 8.78. The first-order chi connectivity index (χ1) is 19.6. The number of benzene rings is 1. The minimum atomic E-state index is -0.250. The van der Waals surface area contributed by atoms with Gasteiger partial charge in [-0.25, -0.2) is 0 Å². The molecule has 0 saturated heterocycles. The highest BCUT2D eigenvalue weighted by Gasteiger charge is 2.38. The summed E-state index contributed by atoms with van der Waals surface area (Å²) in [6.07, 6.45) is 23.9. The number of rotatable bonds is 18. The molecule has 1 saturated carbocycles. The average Bonchev–Trinajstić information content (AvgIpc) is 2.99. The minimum Gasteiger partial charge on any atom is -0.426 e. The highest BCUT2D eigenvalue weighted by molar-refractivity contribution is 5.75. The Morgan fingerprint density at radius 2 is 1.45 bits per heavy atom. The van der Waals surface area contributed by atoms with Gasteiger partial charge in [-0.05, 0) is 80.8 Å². The van der Waals surface area contributed by atoms with E-state index in [1.54, 1.807) is 0 Å². The van der Waals surface area contributed by atoms with Crippen LogP contribution in [-0.2, 0) is 11.2 Å². The number of aryl methyl sites for hydroxylation is 1. The van der Waals surface area contributed by atoms with Crippen LogP contribution in [0.1, 0.15) is 135 Å². The van der Waals surface area contributed by atoms with Crippen LogP contribution in [0.3, 0.4) is 0 Å². The van der Waals surface area contributed by atoms with E-state index in [1.807, 2.05) is 30.5 Å². The number of esters is 1. The van der Waals surface area contributed by atoms with Crippen molar-refractivity contribution in [2.75, 3.05) is 0 Å². The lowest BCUT2D eigenvalue weighted by molar-refractivity contribution is -0.140. The number of nitrogens with zero attached hydrogens (tertiary/aromatic N) is 2. The van der Waals surface area contributed by atoms with E-state index in [0.29, 0.717) is 5.75 Å². The van der Waals surface area contributed by atoms with E-state index in [9.17, 15) is 10.1 Å². The van der Waals surface area contributed by atoms with Crippen LogP contribution >= 0.6 is 0 Å². The zero-order valence-electron chi connectivity index (χ0n) is 25.3. The molecule has 0 unspecified atom stereocenters. The van der Waals surface area contributed by atoms with Gasteiger partial charge in [-0.2, -0.15) is 5.26 Å². The van der Waals surface area contributed by atoms with Gasteiger partial charge in [0.1, 0.15) is 5.75 Å². The molecule has 4 nitrogen and oxygen atoms in total. The van der Waals surface area contributed by atoms with Crippen LogP contribution in [0.2, 0.25) is 0 Å². The fourth-order valence-corrected chi connectivity index (χ4v) is 5.99. The molecule has 0 amide bonds. The van der Waals surface area contributed by atoms with Crippen LogP contribution in [0, 0.1) is 22.7 Å². The molecule has 40 heavy (non-hydrogen) atoms. The van der Waals surface area contributed by atoms with E-state index in [4.69, 9.17) is 4.74 Å². The number of hydrogen-bond donors (Lipinski definition) is 0. The maximum absolute atomic E-state index is 12.9. The van der Waals surface area contributed by atoms with Crippen LogP contribution in [0.4, 0.5) is 0 Å². The van der Waals surface area contributed by atoms with Crippen molar-refractivity contribution in [3.8, 4) is 23.1 Å². The number of unbranched alkanes of at least 4 members (excludes halogenated alkanes) is 11. The third kappa shape index (κ3) is 10.7. The smallest absolute Gasteiger partial charge is 0.314 e. The Kier molecular flexibility index (Phi) is 14.3. The molecule has 1 aliphatic rings. The van der Waals surface area contributed by atoms with Gasteiger partial charge in [0.25, 0.3) is 0 Å². The molecule has 2 aromatic rings. The Balaban J connectivity index is 1.39. The fraction of sp³-hybridized carbons (Fsp3) is 0.639. The molecule has 1 aromatic carbocycles. The average molecular weight is 545 g/mol. The number of hydrogen-bond acceptors (Lipinski definition) is 4. The second-order valence-electron chi connectivity index (χ2n) is 12.1. The fourth-order valence-electron chi connectivity index (χ4n) is 5.99. The van der Waals surface area contributed by atoms with Crippen molar-refractivity contribution in [3.05, 3.63) is 48.2 Å². The Labute approximate surface area is 243 Å². The molecule has 218 valence electrons.